The summed E-state index contributed by atoms with van der Waals surface area (Å²) < 4.78 is 124. The number of aryl methyl sites for hydroxylation is 2. The molecule has 0 saturated heterocycles. The Bertz CT molecular complexity index is 2820. The summed E-state index contributed by atoms with van der Waals surface area (Å²) in [4.78, 5) is 0. The standard InChI is InChI=1S/C26H30F3N3O2S.C18H14BrF3N2O.C8H15NOS/c1-5-32-23(34-21-12-10-19(11-13-21)26(27,28)29)17-22(30-32)18-8-6-9-20(16-18)25(14-7-15-25)31-35(33)24(2,3)4;1-2-24-17(11-16(23-24)12-4-3-5-14(19)10-12)25-15-8-6-13(7-9-15)18(20,21)22;1-8(2,3)11(10)9-7-5-4-6-7/h6,8-13,16-17,31H,5,7,14-15H2,1-4H3;3-11H,2H2,1H3;4-6H2,1-3H3. The Labute approximate surface area is 425 Å². The van der Waals surface area contributed by atoms with E-state index in [0.29, 0.717) is 42.0 Å². The summed E-state index contributed by atoms with van der Waals surface area (Å²) in [5, 5.41) is 9.13. The van der Waals surface area contributed by atoms with Crippen LogP contribution in [0.25, 0.3) is 22.5 Å². The fourth-order valence-electron chi connectivity index (χ4n) is 6.98. The quantitative estimate of drug-likeness (QED) is 0.122. The molecule has 382 valence electrons. The van der Waals surface area contributed by atoms with E-state index in [-0.39, 0.29) is 15.0 Å². The minimum absolute atomic E-state index is 0.192. The Hall–Kier alpha value is -5.11. The Kier molecular flexibility index (Phi) is 17.7. The zero-order chi connectivity index (χ0) is 51.9. The fourth-order valence-corrected chi connectivity index (χ4v) is 9.05. The zero-order valence-corrected chi connectivity index (χ0v) is 44.1. The molecule has 0 amide bonds. The molecule has 2 heterocycles. The van der Waals surface area contributed by atoms with Crippen LogP contribution in [0.5, 0.6) is 23.3 Å². The number of alkyl halides is 6. The highest BCUT2D eigenvalue weighted by molar-refractivity contribution is 9.10. The fraction of sp³-hybridized carbons (Fsp3) is 0.404. The number of nitrogens with zero attached hydrogens (tertiary/aromatic N) is 5. The Balaban J connectivity index is 0.000000198. The molecule has 2 atom stereocenters. The van der Waals surface area contributed by atoms with Crippen LogP contribution in [0.4, 0.5) is 26.3 Å². The third-order valence-electron chi connectivity index (χ3n) is 11.4. The number of hydrogen-bond donors (Lipinski definition) is 1. The number of rotatable bonds is 12. The SMILES string of the molecule is CC(C)(C)S(=O)N=C1CCC1.CCn1nc(-c2cccc(Br)c2)cc1Oc1ccc(C(F)(F)F)cc1.CCn1nc(-c2cccc(C3(NS(=O)C(C)(C)C)CCC3)c2)cc1Oc1ccc(C(F)(F)F)cc1. The molecule has 71 heavy (non-hydrogen) atoms. The first-order chi connectivity index (χ1) is 33.3. The number of aromatic nitrogens is 4. The van der Waals surface area contributed by atoms with Crippen molar-refractivity contribution in [1.82, 2.24) is 24.3 Å². The average Bonchev–Trinajstić information content (AvgIpc) is 3.89. The van der Waals surface area contributed by atoms with Crippen molar-refractivity contribution in [3.63, 3.8) is 0 Å². The largest absolute Gasteiger partial charge is 0.439 e. The van der Waals surface area contributed by atoms with Crippen LogP contribution < -0.4 is 14.2 Å². The summed E-state index contributed by atoms with van der Waals surface area (Å²) in [6, 6.07) is 28.5. The molecule has 2 aromatic heterocycles. The van der Waals surface area contributed by atoms with E-state index in [0.717, 1.165) is 88.9 Å². The van der Waals surface area contributed by atoms with Crippen LogP contribution in [0, 0.1) is 0 Å². The van der Waals surface area contributed by atoms with Gasteiger partial charge in [-0.2, -0.15) is 40.9 Å². The molecule has 2 unspecified atom stereocenters. The third-order valence-corrected chi connectivity index (χ3v) is 15.1. The van der Waals surface area contributed by atoms with Gasteiger partial charge < -0.3 is 9.47 Å². The van der Waals surface area contributed by atoms with Crippen molar-refractivity contribution in [3.8, 4) is 45.8 Å². The number of benzene rings is 4. The van der Waals surface area contributed by atoms with Crippen molar-refractivity contribution < 1.29 is 44.2 Å². The maximum atomic E-state index is 12.9. The second kappa shape index (κ2) is 22.8. The predicted octanol–water partition coefficient (Wildman–Crippen LogP) is 15.0. The van der Waals surface area contributed by atoms with Gasteiger partial charge in [-0.05, 0) is 166 Å². The second-order valence-electron chi connectivity index (χ2n) is 19.0. The summed E-state index contributed by atoms with van der Waals surface area (Å²) >= 11 is 3.42. The van der Waals surface area contributed by atoms with Gasteiger partial charge in [-0.15, -0.1) is 0 Å². The Morgan fingerprint density at radius 2 is 1.11 bits per heavy atom. The molecule has 19 heteroatoms. The Morgan fingerprint density at radius 3 is 1.48 bits per heavy atom. The van der Waals surface area contributed by atoms with Crippen LogP contribution in [-0.2, 0) is 53.0 Å². The van der Waals surface area contributed by atoms with Crippen LogP contribution in [0.1, 0.15) is 111 Å². The predicted molar refractivity (Wildman–Crippen MR) is 273 cm³/mol. The smallest absolute Gasteiger partial charge is 0.416 e. The molecular formula is C52H59BrF6N6O4S2. The monoisotopic (exact) mass is 1090 g/mol. The molecular weight excluding hydrogens is 1030 g/mol. The number of halogens is 7. The lowest BCUT2D eigenvalue weighted by atomic mass is 9.72. The summed E-state index contributed by atoms with van der Waals surface area (Å²) in [6.45, 7) is 16.6. The molecule has 4 aromatic carbocycles. The van der Waals surface area contributed by atoms with E-state index >= 15 is 0 Å². The number of nitrogens with one attached hydrogen (secondary N) is 1. The van der Waals surface area contributed by atoms with Crippen LogP contribution in [0.15, 0.2) is 118 Å². The first-order valence-electron chi connectivity index (χ1n) is 23.2. The van der Waals surface area contributed by atoms with Crippen LogP contribution in [-0.4, -0.2) is 43.2 Å². The molecule has 2 fully saturated rings. The summed E-state index contributed by atoms with van der Waals surface area (Å²) in [5.74, 6) is 1.54. The van der Waals surface area contributed by atoms with Crippen molar-refractivity contribution in [2.24, 2.45) is 4.40 Å². The van der Waals surface area contributed by atoms with E-state index in [4.69, 9.17) is 9.47 Å². The molecule has 2 saturated carbocycles. The maximum absolute atomic E-state index is 12.9. The molecule has 1 N–H and O–H groups in total. The van der Waals surface area contributed by atoms with Crippen molar-refractivity contribution in [1.29, 1.82) is 0 Å². The molecule has 10 nitrogen and oxygen atoms in total. The summed E-state index contributed by atoms with van der Waals surface area (Å²) in [6.07, 6.45) is -2.54. The first-order valence-corrected chi connectivity index (χ1v) is 26.2. The van der Waals surface area contributed by atoms with Crippen molar-refractivity contribution in [3.05, 3.63) is 130 Å². The van der Waals surface area contributed by atoms with Crippen LogP contribution in [0.2, 0.25) is 0 Å². The second-order valence-corrected chi connectivity index (χ2v) is 23.8. The first kappa shape index (κ1) is 55.2. The van der Waals surface area contributed by atoms with Gasteiger partial charge in [0.1, 0.15) is 22.5 Å². The van der Waals surface area contributed by atoms with E-state index in [9.17, 15) is 34.8 Å². The maximum Gasteiger partial charge on any atom is 0.416 e. The molecule has 2 aliphatic rings. The van der Waals surface area contributed by atoms with Crippen molar-refractivity contribution in [2.45, 2.75) is 134 Å². The normalized spacial score (nSPS) is 15.5. The minimum Gasteiger partial charge on any atom is -0.439 e. The molecule has 0 bridgehead atoms. The third kappa shape index (κ3) is 14.8. The van der Waals surface area contributed by atoms with Gasteiger partial charge >= 0.3 is 12.4 Å². The lowest BCUT2D eigenvalue weighted by Gasteiger charge is -2.44. The van der Waals surface area contributed by atoms with Gasteiger partial charge in [0.25, 0.3) is 0 Å². The molecule has 2 aliphatic carbocycles. The highest BCUT2D eigenvalue weighted by Crippen LogP contribution is 2.44. The van der Waals surface area contributed by atoms with E-state index < -0.39 is 45.5 Å². The van der Waals surface area contributed by atoms with E-state index in [1.54, 1.807) is 21.5 Å². The highest BCUT2D eigenvalue weighted by Gasteiger charge is 2.42. The highest BCUT2D eigenvalue weighted by atomic mass is 79.9. The number of hydrogen-bond acceptors (Lipinski definition) is 6. The average molecular weight is 1090 g/mol. The Morgan fingerprint density at radius 1 is 0.648 bits per heavy atom. The van der Waals surface area contributed by atoms with Gasteiger partial charge in [-0.25, -0.2) is 22.5 Å². The lowest BCUT2D eigenvalue weighted by Crippen LogP contribution is -2.52. The zero-order valence-electron chi connectivity index (χ0n) is 40.9. The molecule has 6 aromatic rings. The molecule has 0 spiro atoms. The van der Waals surface area contributed by atoms with Crippen LogP contribution in [0.3, 0.4) is 0 Å². The van der Waals surface area contributed by atoms with Crippen LogP contribution >= 0.6 is 15.9 Å². The summed E-state index contributed by atoms with van der Waals surface area (Å²) in [7, 11) is -2.23. The van der Waals surface area contributed by atoms with Gasteiger partial charge in [-0.3, -0.25) is 0 Å². The van der Waals surface area contributed by atoms with Crippen molar-refractivity contribution in [2.75, 3.05) is 0 Å². The van der Waals surface area contributed by atoms with E-state index in [1.807, 2.05) is 97.9 Å². The van der Waals surface area contributed by atoms with Gasteiger partial charge in [0.05, 0.1) is 48.5 Å². The lowest BCUT2D eigenvalue weighted by molar-refractivity contribution is -0.138. The van der Waals surface area contributed by atoms with Gasteiger partial charge in [0, 0.05) is 46.5 Å². The van der Waals surface area contributed by atoms with Gasteiger partial charge in [0.15, 0.2) is 0 Å². The van der Waals surface area contributed by atoms with Gasteiger partial charge in [-0.1, -0.05) is 46.3 Å². The number of ether oxygens (including phenoxy) is 2. The minimum atomic E-state index is -4.39. The molecule has 0 radical (unpaired) electrons. The molecule has 8 rings (SSSR count). The van der Waals surface area contributed by atoms with E-state index in [2.05, 4.69) is 41.3 Å². The summed E-state index contributed by atoms with van der Waals surface area (Å²) in [5.41, 5.74) is 3.66. The van der Waals surface area contributed by atoms with Crippen molar-refractivity contribution >= 4 is 43.6 Å². The van der Waals surface area contributed by atoms with Gasteiger partial charge in [0.2, 0.25) is 11.8 Å². The van der Waals surface area contributed by atoms with E-state index in [1.165, 1.54) is 30.7 Å². The topological polar surface area (TPSA) is 113 Å². The molecule has 0 aliphatic heterocycles.